The van der Waals surface area contributed by atoms with Gasteiger partial charge in [0.05, 0.1) is 16.8 Å². The highest BCUT2D eigenvalue weighted by molar-refractivity contribution is 6.02. The fourth-order valence-electron chi connectivity index (χ4n) is 4.63. The number of carbonyl (C=O) groups is 1. The Labute approximate surface area is 195 Å². The molecule has 176 valence electrons. The number of hydrogen-bond acceptors (Lipinski definition) is 2. The topological polar surface area (TPSA) is 75.0 Å². The lowest BCUT2D eigenvalue weighted by atomic mass is 9.99. The first-order valence-corrected chi connectivity index (χ1v) is 11.0. The summed E-state index contributed by atoms with van der Waals surface area (Å²) in [6.45, 7) is 5.68. The maximum absolute atomic E-state index is 13.9. The van der Waals surface area contributed by atoms with Gasteiger partial charge in [-0.2, -0.15) is 0 Å². The van der Waals surface area contributed by atoms with Gasteiger partial charge in [0.15, 0.2) is 11.6 Å². The van der Waals surface area contributed by atoms with Crippen LogP contribution in [0.1, 0.15) is 39.9 Å². The Bertz CT molecular complexity index is 1460. The molecule has 2 N–H and O–H groups in total. The van der Waals surface area contributed by atoms with Crippen molar-refractivity contribution >= 4 is 5.91 Å². The predicted octanol–water partition coefficient (Wildman–Crippen LogP) is 4.25. The minimum atomic E-state index is -0.944. The summed E-state index contributed by atoms with van der Waals surface area (Å²) in [4.78, 5) is 26.3. The van der Waals surface area contributed by atoms with E-state index in [1.165, 1.54) is 6.07 Å². The lowest BCUT2D eigenvalue weighted by Crippen LogP contribution is -2.20. The van der Waals surface area contributed by atoms with Gasteiger partial charge >= 0.3 is 0 Å². The Hall–Kier alpha value is -3.94. The average Bonchev–Trinajstić information content (AvgIpc) is 3.20. The zero-order chi connectivity index (χ0) is 24.7. The molecule has 34 heavy (non-hydrogen) atoms. The van der Waals surface area contributed by atoms with E-state index in [-0.39, 0.29) is 17.7 Å². The Kier molecular flexibility index (Phi) is 6.00. The van der Waals surface area contributed by atoms with Crippen LogP contribution in [0.25, 0.3) is 16.8 Å². The summed E-state index contributed by atoms with van der Waals surface area (Å²) in [5.41, 5.74) is 9.86. The summed E-state index contributed by atoms with van der Waals surface area (Å²) < 4.78 is 32.4. The number of halogens is 2. The number of aromatic nitrogens is 3. The van der Waals surface area contributed by atoms with E-state index in [9.17, 15) is 18.4 Å². The SMILES string of the molecule is CCc1c(-c2c(C)n(C)n(-c3ccccc3)c2=O)c(C(N)=O)c(C)n1Cc1ccc(F)c(F)c1. The first kappa shape index (κ1) is 23.2. The van der Waals surface area contributed by atoms with E-state index < -0.39 is 17.5 Å². The molecule has 0 saturated carbocycles. The second kappa shape index (κ2) is 8.78. The van der Waals surface area contributed by atoms with Gasteiger partial charge in [0.1, 0.15) is 0 Å². The first-order chi connectivity index (χ1) is 16.2. The molecule has 0 unspecified atom stereocenters. The number of rotatable bonds is 6. The van der Waals surface area contributed by atoms with E-state index >= 15 is 0 Å². The van der Waals surface area contributed by atoms with E-state index in [0.29, 0.717) is 40.2 Å². The molecule has 4 rings (SSSR count). The fourth-order valence-corrected chi connectivity index (χ4v) is 4.63. The Morgan fingerprint density at radius 3 is 2.24 bits per heavy atom. The van der Waals surface area contributed by atoms with Crippen LogP contribution in [0.2, 0.25) is 0 Å². The van der Waals surface area contributed by atoms with Gasteiger partial charge in [0.2, 0.25) is 0 Å². The molecule has 0 aliphatic heterocycles. The van der Waals surface area contributed by atoms with Crippen LogP contribution in [0.3, 0.4) is 0 Å². The molecule has 1 amide bonds. The van der Waals surface area contributed by atoms with E-state index in [2.05, 4.69) is 0 Å². The fraction of sp³-hybridized carbons (Fsp3) is 0.231. The lowest BCUT2D eigenvalue weighted by molar-refractivity contribution is 0.1000. The monoisotopic (exact) mass is 464 g/mol. The highest BCUT2D eigenvalue weighted by Crippen LogP contribution is 2.34. The van der Waals surface area contributed by atoms with E-state index in [0.717, 1.165) is 17.8 Å². The second-order valence-electron chi connectivity index (χ2n) is 8.27. The molecule has 4 aromatic rings. The van der Waals surface area contributed by atoms with Gasteiger partial charge in [0, 0.05) is 36.2 Å². The Morgan fingerprint density at radius 1 is 0.971 bits per heavy atom. The second-order valence-corrected chi connectivity index (χ2v) is 8.27. The van der Waals surface area contributed by atoms with Crippen LogP contribution in [-0.2, 0) is 20.0 Å². The summed E-state index contributed by atoms with van der Waals surface area (Å²) in [6.07, 6.45) is 0.492. The van der Waals surface area contributed by atoms with Gasteiger partial charge in [0.25, 0.3) is 11.5 Å². The van der Waals surface area contributed by atoms with Crippen LogP contribution in [0.4, 0.5) is 8.78 Å². The van der Waals surface area contributed by atoms with E-state index in [1.54, 1.807) is 23.3 Å². The van der Waals surface area contributed by atoms with Crippen molar-refractivity contribution in [2.75, 3.05) is 0 Å². The molecule has 8 heteroatoms. The zero-order valence-electron chi connectivity index (χ0n) is 19.5. The molecule has 2 aromatic heterocycles. The molecular weight excluding hydrogens is 438 g/mol. The van der Waals surface area contributed by atoms with Crippen molar-refractivity contribution in [3.05, 3.63) is 98.7 Å². The lowest BCUT2D eigenvalue weighted by Gasteiger charge is -2.12. The zero-order valence-corrected chi connectivity index (χ0v) is 19.5. The molecule has 0 spiro atoms. The van der Waals surface area contributed by atoms with Gasteiger partial charge in [-0.15, -0.1) is 0 Å². The van der Waals surface area contributed by atoms with Crippen LogP contribution < -0.4 is 11.3 Å². The highest BCUT2D eigenvalue weighted by Gasteiger charge is 2.29. The minimum Gasteiger partial charge on any atom is -0.366 e. The third kappa shape index (κ3) is 3.65. The largest absolute Gasteiger partial charge is 0.366 e. The van der Waals surface area contributed by atoms with E-state index in [1.807, 2.05) is 48.7 Å². The normalized spacial score (nSPS) is 11.2. The minimum absolute atomic E-state index is 0.200. The third-order valence-electron chi connectivity index (χ3n) is 6.34. The molecule has 0 atom stereocenters. The molecular formula is C26H26F2N4O2. The predicted molar refractivity (Wildman–Crippen MR) is 127 cm³/mol. The van der Waals surface area contributed by atoms with Crippen molar-refractivity contribution in [1.82, 2.24) is 13.9 Å². The summed E-state index contributed by atoms with van der Waals surface area (Å²) in [5.74, 6) is -2.52. The van der Waals surface area contributed by atoms with Crippen LogP contribution in [0, 0.1) is 25.5 Å². The molecule has 0 bridgehead atoms. The van der Waals surface area contributed by atoms with Crippen LogP contribution >= 0.6 is 0 Å². The summed E-state index contributed by atoms with van der Waals surface area (Å²) >= 11 is 0. The summed E-state index contributed by atoms with van der Waals surface area (Å²) in [7, 11) is 1.79. The molecule has 0 fully saturated rings. The van der Waals surface area contributed by atoms with Gasteiger partial charge in [-0.3, -0.25) is 14.3 Å². The molecule has 0 saturated heterocycles. The number of carbonyl (C=O) groups excluding carboxylic acids is 1. The van der Waals surface area contributed by atoms with Crippen molar-refractivity contribution in [3.63, 3.8) is 0 Å². The third-order valence-corrected chi connectivity index (χ3v) is 6.34. The Morgan fingerprint density at radius 2 is 1.65 bits per heavy atom. The standard InChI is InChI=1S/C26H26F2N4O2/c1-5-21-24(23-15(2)30(4)32(26(23)34)18-9-7-6-8-10-18)22(25(29)33)16(3)31(21)14-17-11-12-19(27)20(28)13-17/h6-13H,5,14H2,1-4H3,(H2,29,33). The first-order valence-electron chi connectivity index (χ1n) is 11.0. The van der Waals surface area contributed by atoms with Crippen molar-refractivity contribution < 1.29 is 13.6 Å². The van der Waals surface area contributed by atoms with E-state index in [4.69, 9.17) is 5.73 Å². The highest BCUT2D eigenvalue weighted by atomic mass is 19.2. The van der Waals surface area contributed by atoms with Crippen molar-refractivity contribution in [2.24, 2.45) is 12.8 Å². The number of primary amides is 1. The number of nitrogens with two attached hydrogens (primary N) is 1. The van der Waals surface area contributed by atoms with Crippen molar-refractivity contribution in [1.29, 1.82) is 0 Å². The smallest absolute Gasteiger partial charge is 0.279 e. The quantitative estimate of drug-likeness (QED) is 0.463. The van der Waals surface area contributed by atoms with Gasteiger partial charge in [-0.05, 0) is 50.1 Å². The number of hydrogen-bond donors (Lipinski definition) is 1. The van der Waals surface area contributed by atoms with Gasteiger partial charge < -0.3 is 10.3 Å². The molecule has 2 heterocycles. The van der Waals surface area contributed by atoms with Gasteiger partial charge in [-0.1, -0.05) is 31.2 Å². The average molecular weight is 465 g/mol. The maximum atomic E-state index is 13.9. The Balaban J connectivity index is 2.00. The van der Waals surface area contributed by atoms with Crippen molar-refractivity contribution in [3.8, 4) is 16.8 Å². The molecule has 0 aliphatic rings. The number of para-hydroxylation sites is 1. The number of amides is 1. The summed E-state index contributed by atoms with van der Waals surface area (Å²) in [5, 5.41) is 0. The van der Waals surface area contributed by atoms with Crippen molar-refractivity contribution in [2.45, 2.75) is 33.7 Å². The van der Waals surface area contributed by atoms with Crippen LogP contribution in [0.15, 0.2) is 53.3 Å². The van der Waals surface area contributed by atoms with Crippen LogP contribution in [-0.4, -0.2) is 19.8 Å². The molecule has 0 aliphatic carbocycles. The molecule has 0 radical (unpaired) electrons. The van der Waals surface area contributed by atoms with Crippen LogP contribution in [0.5, 0.6) is 0 Å². The maximum Gasteiger partial charge on any atom is 0.279 e. The number of nitrogens with zero attached hydrogens (tertiary/aromatic N) is 3. The molecule has 6 nitrogen and oxygen atoms in total. The summed E-state index contributed by atoms with van der Waals surface area (Å²) in [6, 6.07) is 12.9. The van der Waals surface area contributed by atoms with Gasteiger partial charge in [-0.25, -0.2) is 13.5 Å². The number of benzene rings is 2. The molecule has 2 aromatic carbocycles.